The molecule has 13 heteroatoms. The lowest BCUT2D eigenvalue weighted by molar-refractivity contribution is -0.138. The van der Waals surface area contributed by atoms with Gasteiger partial charge in [-0.05, 0) is 30.2 Å². The van der Waals surface area contributed by atoms with Gasteiger partial charge < -0.3 is 4.90 Å². The Labute approximate surface area is 175 Å². The highest BCUT2D eigenvalue weighted by atomic mass is 19.4. The summed E-state index contributed by atoms with van der Waals surface area (Å²) < 4.78 is 91.1. The summed E-state index contributed by atoms with van der Waals surface area (Å²) in [6.45, 7) is -0.930. The number of fused-ring (bicyclic) bond motifs is 2. The maximum absolute atomic E-state index is 14.2. The molecular formula is C19H13F7N4O2. The summed E-state index contributed by atoms with van der Waals surface area (Å²) in [4.78, 5) is 32.8. The first-order chi connectivity index (χ1) is 14.8. The van der Waals surface area contributed by atoms with E-state index < -0.39 is 59.4 Å². The van der Waals surface area contributed by atoms with E-state index in [2.05, 4.69) is 15.3 Å². The van der Waals surface area contributed by atoms with Crippen LogP contribution in [-0.4, -0.2) is 45.9 Å². The van der Waals surface area contributed by atoms with E-state index in [0.717, 1.165) is 17.0 Å². The van der Waals surface area contributed by atoms with Crippen LogP contribution in [-0.2, 0) is 22.6 Å². The molecule has 4 rings (SSSR count). The highest BCUT2D eigenvalue weighted by molar-refractivity contribution is 6.01. The van der Waals surface area contributed by atoms with Crippen LogP contribution >= 0.6 is 0 Å². The molecule has 2 aliphatic rings. The maximum Gasteiger partial charge on any atom is 0.419 e. The Morgan fingerprint density at radius 2 is 1.69 bits per heavy atom. The highest BCUT2D eigenvalue weighted by Gasteiger charge is 2.61. The second-order valence-electron chi connectivity index (χ2n) is 7.59. The zero-order valence-corrected chi connectivity index (χ0v) is 15.9. The van der Waals surface area contributed by atoms with E-state index >= 15 is 0 Å². The molecule has 1 fully saturated rings. The minimum absolute atomic E-state index is 0.0486. The molecule has 1 aliphatic heterocycles. The van der Waals surface area contributed by atoms with Crippen LogP contribution in [0.1, 0.15) is 33.5 Å². The van der Waals surface area contributed by atoms with Gasteiger partial charge >= 0.3 is 12.4 Å². The van der Waals surface area contributed by atoms with Crippen molar-refractivity contribution in [3.63, 3.8) is 0 Å². The van der Waals surface area contributed by atoms with Gasteiger partial charge in [-0.25, -0.2) is 14.4 Å². The van der Waals surface area contributed by atoms with Crippen LogP contribution in [0.25, 0.3) is 0 Å². The number of carbonyl (C=O) groups is 2. The van der Waals surface area contributed by atoms with Crippen LogP contribution in [0.5, 0.6) is 0 Å². The number of aromatic nitrogens is 2. The van der Waals surface area contributed by atoms with E-state index in [0.29, 0.717) is 18.5 Å². The predicted octanol–water partition coefficient (Wildman–Crippen LogP) is 3.59. The molecule has 170 valence electrons. The van der Waals surface area contributed by atoms with E-state index in [1.807, 2.05) is 0 Å². The summed E-state index contributed by atoms with van der Waals surface area (Å²) in [7, 11) is 0. The second-order valence-corrected chi connectivity index (χ2v) is 7.59. The van der Waals surface area contributed by atoms with Gasteiger partial charge in [0.05, 0.1) is 11.1 Å². The lowest BCUT2D eigenvalue weighted by Gasteiger charge is -2.34. The van der Waals surface area contributed by atoms with Gasteiger partial charge in [-0.2, -0.15) is 26.3 Å². The summed E-state index contributed by atoms with van der Waals surface area (Å²) in [6.07, 6.45) is -9.98. The minimum atomic E-state index is -4.67. The molecule has 2 heterocycles. The van der Waals surface area contributed by atoms with Crippen molar-refractivity contribution in [2.75, 3.05) is 18.4 Å². The fourth-order valence-corrected chi connectivity index (χ4v) is 3.69. The number of nitrogens with zero attached hydrogens (tertiary/aromatic N) is 3. The molecule has 1 aliphatic carbocycles. The molecule has 0 bridgehead atoms. The smallest absolute Gasteiger partial charge is 0.328 e. The SMILES string of the molecule is O=C(CN1C[C@@]2(C[C@H]2F)c2cc(C(F)(F)F)ccc2C1=O)Nc1ncc(C(F)(F)F)cn1. The number of halogens is 7. The largest absolute Gasteiger partial charge is 0.419 e. The van der Waals surface area contributed by atoms with Crippen molar-refractivity contribution < 1.29 is 40.3 Å². The van der Waals surface area contributed by atoms with E-state index in [-0.39, 0.29) is 24.1 Å². The molecule has 0 radical (unpaired) electrons. The summed E-state index contributed by atoms with van der Waals surface area (Å²) in [5, 5.41) is 2.14. The van der Waals surface area contributed by atoms with Crippen LogP contribution in [0.2, 0.25) is 0 Å². The monoisotopic (exact) mass is 462 g/mol. The van der Waals surface area contributed by atoms with E-state index in [1.54, 1.807) is 0 Å². The lowest BCUT2D eigenvalue weighted by Crippen LogP contribution is -2.47. The zero-order chi connectivity index (χ0) is 23.5. The molecule has 0 unspecified atom stereocenters. The summed E-state index contributed by atoms with van der Waals surface area (Å²) in [5.41, 5.74) is -3.65. The van der Waals surface area contributed by atoms with Gasteiger partial charge in [-0.1, -0.05) is 0 Å². The third kappa shape index (κ3) is 3.86. The van der Waals surface area contributed by atoms with Crippen LogP contribution in [0.3, 0.4) is 0 Å². The van der Waals surface area contributed by atoms with Crippen molar-refractivity contribution in [1.29, 1.82) is 0 Å². The van der Waals surface area contributed by atoms with Crippen LogP contribution in [0.15, 0.2) is 30.6 Å². The topological polar surface area (TPSA) is 75.2 Å². The van der Waals surface area contributed by atoms with Gasteiger partial charge in [0.1, 0.15) is 12.7 Å². The van der Waals surface area contributed by atoms with Crippen molar-refractivity contribution in [1.82, 2.24) is 14.9 Å². The molecular weight excluding hydrogens is 449 g/mol. The third-order valence-corrected chi connectivity index (χ3v) is 5.42. The standard InChI is InChI=1S/C19H13F7N4O2/c20-13-4-17(13)8-30(15(32)11-2-1-9(3-12(11)17)18(21,22)23)7-14(31)29-16-27-5-10(6-28-16)19(24,25)26/h1-3,5-6,13H,4,7-8H2,(H,27,28,29,31)/t13-,17+/m1/s1. The van der Waals surface area contributed by atoms with Gasteiger partial charge in [0, 0.05) is 29.9 Å². The molecule has 2 aromatic rings. The van der Waals surface area contributed by atoms with Gasteiger partial charge in [-0.15, -0.1) is 0 Å². The first-order valence-corrected chi connectivity index (χ1v) is 9.15. The van der Waals surface area contributed by atoms with Crippen LogP contribution in [0, 0.1) is 0 Å². The quantitative estimate of drug-likeness (QED) is 0.708. The Morgan fingerprint density at radius 3 is 2.22 bits per heavy atom. The number of nitrogens with one attached hydrogen (secondary N) is 1. The van der Waals surface area contributed by atoms with Crippen LogP contribution in [0.4, 0.5) is 36.7 Å². The van der Waals surface area contributed by atoms with Gasteiger partial charge in [0.15, 0.2) is 0 Å². The van der Waals surface area contributed by atoms with E-state index in [1.165, 1.54) is 0 Å². The van der Waals surface area contributed by atoms with Crippen molar-refractivity contribution in [3.05, 3.63) is 52.8 Å². The van der Waals surface area contributed by atoms with E-state index in [9.17, 15) is 40.3 Å². The summed E-state index contributed by atoms with van der Waals surface area (Å²) in [6, 6.07) is 2.43. The molecule has 1 saturated carbocycles. The molecule has 32 heavy (non-hydrogen) atoms. The maximum atomic E-state index is 14.2. The van der Waals surface area contributed by atoms with Gasteiger partial charge in [-0.3, -0.25) is 14.9 Å². The predicted molar refractivity (Wildman–Crippen MR) is 94.2 cm³/mol. The van der Waals surface area contributed by atoms with Gasteiger partial charge in [0.2, 0.25) is 11.9 Å². The van der Waals surface area contributed by atoms with Crippen molar-refractivity contribution >= 4 is 17.8 Å². The Bertz CT molecular complexity index is 1080. The number of alkyl halides is 7. The highest BCUT2D eigenvalue weighted by Crippen LogP contribution is 2.55. The number of hydrogen-bond acceptors (Lipinski definition) is 4. The molecule has 2 amide bonds. The van der Waals surface area contributed by atoms with Gasteiger partial charge in [0.25, 0.3) is 5.91 Å². The Morgan fingerprint density at radius 1 is 1.09 bits per heavy atom. The number of amides is 2. The average molecular weight is 462 g/mol. The van der Waals surface area contributed by atoms with Crippen molar-refractivity contribution in [2.45, 2.75) is 30.4 Å². The molecule has 1 N–H and O–H groups in total. The number of rotatable bonds is 3. The second kappa shape index (κ2) is 7.14. The Hall–Kier alpha value is -3.25. The van der Waals surface area contributed by atoms with Crippen molar-refractivity contribution in [2.24, 2.45) is 0 Å². The first kappa shape index (κ1) is 22.0. The fourth-order valence-electron chi connectivity index (χ4n) is 3.69. The zero-order valence-electron chi connectivity index (χ0n) is 15.9. The molecule has 2 atom stereocenters. The van der Waals surface area contributed by atoms with E-state index in [4.69, 9.17) is 0 Å². The molecule has 0 saturated heterocycles. The van der Waals surface area contributed by atoms with Crippen LogP contribution < -0.4 is 5.32 Å². The average Bonchev–Trinajstić information content (AvgIpc) is 3.34. The molecule has 6 nitrogen and oxygen atoms in total. The minimum Gasteiger partial charge on any atom is -0.328 e. The third-order valence-electron chi connectivity index (χ3n) is 5.42. The Balaban J connectivity index is 1.52. The normalized spacial score (nSPS) is 22.7. The first-order valence-electron chi connectivity index (χ1n) is 9.15. The molecule has 1 aromatic heterocycles. The number of carbonyl (C=O) groups excluding carboxylic acids is 2. The Kier molecular flexibility index (Phi) is 4.90. The molecule has 1 spiro atoms. The fraction of sp³-hybridized carbons (Fsp3) is 0.368. The summed E-state index contributed by atoms with van der Waals surface area (Å²) in [5.74, 6) is -2.06. The number of benzene rings is 1. The molecule has 1 aromatic carbocycles. The number of hydrogen-bond donors (Lipinski definition) is 1. The summed E-state index contributed by atoms with van der Waals surface area (Å²) >= 11 is 0. The number of anilines is 1. The lowest BCUT2D eigenvalue weighted by atomic mass is 9.85. The van der Waals surface area contributed by atoms with Crippen molar-refractivity contribution in [3.8, 4) is 0 Å².